The third-order valence-corrected chi connectivity index (χ3v) is 6.38. The fourth-order valence-corrected chi connectivity index (χ4v) is 4.59. The number of carbonyl (C=O) groups excluding carboxylic acids is 1. The van der Waals surface area contributed by atoms with Crippen LogP contribution in [0.3, 0.4) is 0 Å². The highest BCUT2D eigenvalue weighted by Gasteiger charge is 2.22. The van der Waals surface area contributed by atoms with E-state index in [1.165, 1.54) is 11.8 Å². The zero-order chi connectivity index (χ0) is 20.5. The summed E-state index contributed by atoms with van der Waals surface area (Å²) in [7, 11) is 0. The molecule has 1 heterocycles. The Kier molecular flexibility index (Phi) is 5.63. The van der Waals surface area contributed by atoms with Crippen molar-refractivity contribution < 1.29 is 14.6 Å². The van der Waals surface area contributed by atoms with E-state index >= 15 is 0 Å². The van der Waals surface area contributed by atoms with Crippen molar-refractivity contribution in [3.8, 4) is 5.75 Å². The van der Waals surface area contributed by atoms with Crippen LogP contribution in [0.1, 0.15) is 23.0 Å². The van der Waals surface area contributed by atoms with Gasteiger partial charge < -0.3 is 14.8 Å². The fraction of sp³-hybridized carbons (Fsp3) is 0.136. The molecule has 0 aliphatic rings. The number of benzene rings is 3. The van der Waals surface area contributed by atoms with Gasteiger partial charge in [0.25, 0.3) is 0 Å². The van der Waals surface area contributed by atoms with E-state index in [9.17, 15) is 9.90 Å². The molecule has 0 atom stereocenters. The van der Waals surface area contributed by atoms with E-state index < -0.39 is 5.97 Å². The lowest BCUT2D eigenvalue weighted by Gasteiger charge is -2.06. The molecule has 0 saturated carbocycles. The van der Waals surface area contributed by atoms with Crippen molar-refractivity contribution in [3.63, 3.8) is 0 Å². The second-order valence-electron chi connectivity index (χ2n) is 6.43. The second-order valence-corrected chi connectivity index (χ2v) is 8.29. The molecule has 7 heteroatoms. The van der Waals surface area contributed by atoms with Gasteiger partial charge in [-0.25, -0.2) is 4.79 Å². The maximum atomic E-state index is 12.7. The third-order valence-electron chi connectivity index (χ3n) is 4.62. The number of phenols is 1. The van der Waals surface area contributed by atoms with Crippen LogP contribution in [-0.2, 0) is 10.5 Å². The lowest BCUT2D eigenvalue weighted by Crippen LogP contribution is -2.06. The molecule has 0 bridgehead atoms. The van der Waals surface area contributed by atoms with Crippen LogP contribution in [0.5, 0.6) is 5.75 Å². The van der Waals surface area contributed by atoms with Crippen molar-refractivity contribution in [2.75, 3.05) is 6.61 Å². The summed E-state index contributed by atoms with van der Waals surface area (Å²) in [4.78, 5) is 17.0. The first-order valence-electron chi connectivity index (χ1n) is 8.99. The topological polar surface area (TPSA) is 62.3 Å². The van der Waals surface area contributed by atoms with Gasteiger partial charge in [-0.2, -0.15) is 0 Å². The number of phenolic OH excluding ortho intramolecular Hbond substituents is 1. The third kappa shape index (κ3) is 3.78. The number of fused-ring (bicyclic) bond motifs is 3. The average Bonchev–Trinajstić information content (AvgIpc) is 3.08. The van der Waals surface area contributed by atoms with Gasteiger partial charge in [0.2, 0.25) is 0 Å². The minimum absolute atomic E-state index is 0.126. The fourth-order valence-electron chi connectivity index (χ4n) is 3.33. The summed E-state index contributed by atoms with van der Waals surface area (Å²) >= 11 is 13.6. The van der Waals surface area contributed by atoms with Crippen LogP contribution in [0.25, 0.3) is 21.7 Å². The Morgan fingerprint density at radius 3 is 2.55 bits per heavy atom. The first-order chi connectivity index (χ1) is 14.0. The Labute approximate surface area is 181 Å². The first-order valence-corrected chi connectivity index (χ1v) is 10.7. The molecule has 4 nitrogen and oxygen atoms in total. The number of H-pyrrole nitrogens is 1. The average molecular weight is 446 g/mol. The number of hydrogen-bond donors (Lipinski definition) is 2. The predicted molar refractivity (Wildman–Crippen MR) is 119 cm³/mol. The van der Waals surface area contributed by atoms with Crippen LogP contribution in [0, 0.1) is 0 Å². The van der Waals surface area contributed by atoms with Crippen LogP contribution in [0.4, 0.5) is 0 Å². The van der Waals surface area contributed by atoms with E-state index in [-0.39, 0.29) is 12.4 Å². The summed E-state index contributed by atoms with van der Waals surface area (Å²) in [5, 5.41) is 13.7. The zero-order valence-electron chi connectivity index (χ0n) is 15.5. The minimum atomic E-state index is -0.418. The van der Waals surface area contributed by atoms with Gasteiger partial charge >= 0.3 is 5.97 Å². The Bertz CT molecular complexity index is 1240. The van der Waals surface area contributed by atoms with E-state index in [1.807, 2.05) is 30.3 Å². The van der Waals surface area contributed by atoms with Crippen LogP contribution < -0.4 is 0 Å². The molecule has 0 fully saturated rings. The summed E-state index contributed by atoms with van der Waals surface area (Å²) in [6.45, 7) is 2.04. The number of nitrogens with one attached hydrogen (secondary N) is 1. The number of carbonyl (C=O) groups is 1. The highest BCUT2D eigenvalue weighted by Crippen LogP contribution is 2.37. The molecular weight excluding hydrogens is 429 g/mol. The van der Waals surface area contributed by atoms with Crippen molar-refractivity contribution in [2.45, 2.75) is 17.6 Å². The van der Waals surface area contributed by atoms with Crippen molar-refractivity contribution in [3.05, 3.63) is 69.8 Å². The molecule has 0 amide bonds. The summed E-state index contributed by atoms with van der Waals surface area (Å²) in [5.41, 5.74) is 1.96. The van der Waals surface area contributed by atoms with Gasteiger partial charge in [-0.05, 0) is 31.2 Å². The summed E-state index contributed by atoms with van der Waals surface area (Å²) in [6, 6.07) is 14.6. The summed E-state index contributed by atoms with van der Waals surface area (Å²) in [6.07, 6.45) is 0. The standard InChI is InChI=1S/C22H17Cl2NO3S/c1-2-28-22(27)20-15-10-19(26)13-5-3-4-6-14(13)21(15)25-18(20)11-29-12-7-8-16(23)17(24)9-12/h3-10,25-26H,2,11H2,1H3. The Morgan fingerprint density at radius 2 is 1.83 bits per heavy atom. The Balaban J connectivity index is 1.83. The number of halogens is 2. The second kappa shape index (κ2) is 8.19. The quantitative estimate of drug-likeness (QED) is 0.261. The van der Waals surface area contributed by atoms with Crippen LogP contribution in [-0.4, -0.2) is 22.7 Å². The van der Waals surface area contributed by atoms with Crippen molar-refractivity contribution in [2.24, 2.45) is 0 Å². The highest BCUT2D eigenvalue weighted by atomic mass is 35.5. The summed E-state index contributed by atoms with van der Waals surface area (Å²) in [5.74, 6) is 0.204. The molecule has 148 valence electrons. The first kappa shape index (κ1) is 20.0. The number of aromatic amines is 1. The number of aromatic nitrogens is 1. The van der Waals surface area contributed by atoms with E-state index in [2.05, 4.69) is 4.98 Å². The van der Waals surface area contributed by atoms with Crippen molar-refractivity contribution >= 4 is 62.6 Å². The minimum Gasteiger partial charge on any atom is -0.507 e. The predicted octanol–water partition coefficient (Wildman–Crippen LogP) is 6.80. The van der Waals surface area contributed by atoms with Gasteiger partial charge in [-0.15, -0.1) is 11.8 Å². The maximum Gasteiger partial charge on any atom is 0.340 e. The molecule has 4 rings (SSSR count). The monoisotopic (exact) mass is 445 g/mol. The molecule has 0 aliphatic carbocycles. The molecule has 29 heavy (non-hydrogen) atoms. The van der Waals surface area contributed by atoms with E-state index in [0.717, 1.165) is 26.9 Å². The summed E-state index contributed by atoms with van der Waals surface area (Å²) < 4.78 is 5.29. The smallest absolute Gasteiger partial charge is 0.340 e. The van der Waals surface area contributed by atoms with E-state index in [1.54, 1.807) is 25.1 Å². The maximum absolute atomic E-state index is 12.7. The van der Waals surface area contributed by atoms with Gasteiger partial charge in [0, 0.05) is 32.5 Å². The van der Waals surface area contributed by atoms with Crippen molar-refractivity contribution in [1.29, 1.82) is 0 Å². The van der Waals surface area contributed by atoms with Gasteiger partial charge in [-0.1, -0.05) is 47.5 Å². The molecule has 2 N–H and O–H groups in total. The van der Waals surface area contributed by atoms with E-state index in [0.29, 0.717) is 26.7 Å². The van der Waals surface area contributed by atoms with Crippen molar-refractivity contribution in [1.82, 2.24) is 4.98 Å². The molecule has 0 spiro atoms. The Hall–Kier alpha value is -2.34. The number of rotatable bonds is 5. The largest absolute Gasteiger partial charge is 0.507 e. The number of hydrogen-bond acceptors (Lipinski definition) is 4. The molecule has 4 aromatic rings. The molecular formula is C22H17Cl2NO3S. The van der Waals surface area contributed by atoms with Crippen LogP contribution in [0.15, 0.2) is 53.4 Å². The van der Waals surface area contributed by atoms with Gasteiger partial charge in [0.15, 0.2) is 0 Å². The van der Waals surface area contributed by atoms with Gasteiger partial charge in [-0.3, -0.25) is 0 Å². The molecule has 0 aliphatic heterocycles. The van der Waals surface area contributed by atoms with E-state index in [4.69, 9.17) is 27.9 Å². The van der Waals surface area contributed by atoms with Gasteiger partial charge in [0.1, 0.15) is 5.75 Å². The SMILES string of the molecule is CCOC(=O)c1c(CSc2ccc(Cl)c(Cl)c2)[nH]c2c1cc(O)c1ccccc12. The lowest BCUT2D eigenvalue weighted by molar-refractivity contribution is 0.0528. The Morgan fingerprint density at radius 1 is 1.07 bits per heavy atom. The normalized spacial score (nSPS) is 11.3. The van der Waals surface area contributed by atoms with Crippen LogP contribution >= 0.6 is 35.0 Å². The number of thioether (sulfide) groups is 1. The molecule has 3 aromatic carbocycles. The molecule has 0 saturated heterocycles. The number of esters is 1. The lowest BCUT2D eigenvalue weighted by atomic mass is 10.0. The molecule has 0 radical (unpaired) electrons. The number of ether oxygens (including phenoxy) is 1. The number of aromatic hydroxyl groups is 1. The van der Waals surface area contributed by atoms with Crippen LogP contribution in [0.2, 0.25) is 10.0 Å². The zero-order valence-corrected chi connectivity index (χ0v) is 17.8. The molecule has 0 unspecified atom stereocenters. The van der Waals surface area contributed by atoms with Gasteiger partial charge in [0.05, 0.1) is 27.7 Å². The molecule has 1 aromatic heterocycles. The highest BCUT2D eigenvalue weighted by molar-refractivity contribution is 7.98.